The zero-order valence-corrected chi connectivity index (χ0v) is 23.1. The van der Waals surface area contributed by atoms with Gasteiger partial charge in [-0.15, -0.1) is 0 Å². The molecule has 1 unspecified atom stereocenters. The predicted octanol–water partition coefficient (Wildman–Crippen LogP) is 3.28. The molecule has 192 valence electrons. The Kier molecular flexibility index (Phi) is 7.85. The van der Waals surface area contributed by atoms with E-state index < -0.39 is 11.5 Å². The monoisotopic (exact) mass is 581 g/mol. The number of aliphatic carboxylic acids is 1. The molecule has 7 nitrogen and oxygen atoms in total. The zero-order chi connectivity index (χ0) is 26.7. The maximum Gasteiger partial charge on any atom is 0.271 e. The second-order valence-electron chi connectivity index (χ2n) is 8.35. The van der Waals surface area contributed by atoms with Crippen molar-refractivity contribution in [3.8, 4) is 11.5 Å². The van der Waals surface area contributed by atoms with Gasteiger partial charge in [0.1, 0.15) is 23.6 Å². The molecule has 0 aliphatic carbocycles. The van der Waals surface area contributed by atoms with Gasteiger partial charge in [-0.05, 0) is 77.7 Å². The van der Waals surface area contributed by atoms with E-state index in [9.17, 15) is 14.7 Å². The van der Waals surface area contributed by atoms with E-state index >= 15 is 0 Å². The number of carbonyl (C=O) groups is 1. The van der Waals surface area contributed by atoms with Gasteiger partial charge in [-0.1, -0.05) is 49.1 Å². The Hall–Kier alpha value is -3.43. The molecule has 37 heavy (non-hydrogen) atoms. The van der Waals surface area contributed by atoms with Crippen molar-refractivity contribution in [2.75, 3.05) is 13.2 Å². The van der Waals surface area contributed by atoms with Gasteiger partial charge in [0.05, 0.1) is 21.6 Å². The molecule has 0 amide bonds. The molecule has 1 atom stereocenters. The van der Waals surface area contributed by atoms with E-state index in [2.05, 4.69) is 27.5 Å². The van der Waals surface area contributed by atoms with Gasteiger partial charge in [-0.3, -0.25) is 9.36 Å². The van der Waals surface area contributed by atoms with Crippen molar-refractivity contribution in [1.82, 2.24) is 4.57 Å². The maximum atomic E-state index is 13.9. The first-order valence-electron chi connectivity index (χ1n) is 11.8. The molecule has 0 bridgehead atoms. The van der Waals surface area contributed by atoms with Crippen LogP contribution in [-0.4, -0.2) is 23.8 Å². The third-order valence-corrected chi connectivity index (χ3v) is 7.78. The van der Waals surface area contributed by atoms with E-state index in [4.69, 9.17) is 9.47 Å². The van der Waals surface area contributed by atoms with Gasteiger partial charge in [0.15, 0.2) is 4.80 Å². The van der Waals surface area contributed by atoms with E-state index in [1.54, 1.807) is 43.3 Å². The molecule has 4 rings (SSSR count). The van der Waals surface area contributed by atoms with Crippen LogP contribution in [0.2, 0.25) is 0 Å². The smallest absolute Gasteiger partial charge is 0.271 e. The minimum Gasteiger partial charge on any atom is -0.545 e. The number of carbonyl (C=O) groups excluding carboxylic acids is 1. The standard InChI is InChI=1S/C28H27BrN2O5S/c1-5-14-36-22-13-8-18(15-21(22)29)16-23-25(32)31-27(37-23)30-17(4)24(26(33)34)28(31,6-2)19-9-11-20(12-10-19)35-7-3/h5,8-13,15-16H,1,6-7,14H2,2-4H3,(H,33,34)/p-1. The van der Waals surface area contributed by atoms with Gasteiger partial charge in [0.25, 0.3) is 5.56 Å². The van der Waals surface area contributed by atoms with Crippen LogP contribution in [0.25, 0.3) is 6.08 Å². The van der Waals surface area contributed by atoms with Crippen LogP contribution in [-0.2, 0) is 10.3 Å². The number of fused-ring (bicyclic) bond motifs is 1. The maximum absolute atomic E-state index is 13.9. The number of hydrogen-bond acceptors (Lipinski definition) is 7. The van der Waals surface area contributed by atoms with Crippen molar-refractivity contribution in [2.24, 2.45) is 4.99 Å². The number of thiazole rings is 1. The summed E-state index contributed by atoms with van der Waals surface area (Å²) in [5.74, 6) is -0.0369. The Morgan fingerprint density at radius 1 is 1.22 bits per heavy atom. The lowest BCUT2D eigenvalue weighted by Crippen LogP contribution is -2.54. The van der Waals surface area contributed by atoms with Crippen LogP contribution >= 0.6 is 27.3 Å². The normalized spacial score (nSPS) is 17.2. The predicted molar refractivity (Wildman–Crippen MR) is 145 cm³/mol. The first-order chi connectivity index (χ1) is 17.8. The molecule has 1 aliphatic heterocycles. The fourth-order valence-electron chi connectivity index (χ4n) is 4.64. The Morgan fingerprint density at radius 3 is 2.54 bits per heavy atom. The minimum atomic E-state index is -1.36. The van der Waals surface area contributed by atoms with Gasteiger partial charge in [-0.25, -0.2) is 4.99 Å². The molecule has 0 saturated heterocycles. The van der Waals surface area contributed by atoms with Crippen LogP contribution in [0.3, 0.4) is 0 Å². The van der Waals surface area contributed by atoms with Crippen LogP contribution in [0.4, 0.5) is 0 Å². The average molecular weight is 582 g/mol. The largest absolute Gasteiger partial charge is 0.545 e. The number of hydrogen-bond donors (Lipinski definition) is 0. The highest BCUT2D eigenvalue weighted by atomic mass is 79.9. The van der Waals surface area contributed by atoms with E-state index in [-0.39, 0.29) is 11.1 Å². The highest BCUT2D eigenvalue weighted by Crippen LogP contribution is 2.39. The molecule has 9 heteroatoms. The van der Waals surface area contributed by atoms with Crippen LogP contribution in [0.15, 0.2) is 80.6 Å². The quantitative estimate of drug-likeness (QED) is 0.361. The second kappa shape index (κ2) is 10.9. The molecule has 3 aromatic rings. The molecule has 2 aromatic carbocycles. The number of rotatable bonds is 9. The molecule has 0 saturated carbocycles. The van der Waals surface area contributed by atoms with Gasteiger partial charge < -0.3 is 19.4 Å². The minimum absolute atomic E-state index is 0.0235. The first-order valence-corrected chi connectivity index (χ1v) is 13.4. The molecular formula is C28H26BrN2O5S-. The molecule has 0 spiro atoms. The number of benzene rings is 2. The Bertz CT molecular complexity index is 1570. The van der Waals surface area contributed by atoms with Crippen LogP contribution < -0.4 is 29.5 Å². The summed E-state index contributed by atoms with van der Waals surface area (Å²) in [7, 11) is 0. The van der Waals surface area contributed by atoms with Crippen molar-refractivity contribution < 1.29 is 19.4 Å². The molecular weight excluding hydrogens is 556 g/mol. The number of halogens is 1. The number of aromatic nitrogens is 1. The van der Waals surface area contributed by atoms with Crippen molar-refractivity contribution in [1.29, 1.82) is 0 Å². The van der Waals surface area contributed by atoms with Crippen molar-refractivity contribution in [3.63, 3.8) is 0 Å². The summed E-state index contributed by atoms with van der Waals surface area (Å²) in [5.41, 5.74) is 0.106. The summed E-state index contributed by atoms with van der Waals surface area (Å²) in [5, 5.41) is 12.4. The van der Waals surface area contributed by atoms with Gasteiger partial charge in [-0.2, -0.15) is 0 Å². The van der Waals surface area contributed by atoms with Crippen molar-refractivity contribution in [3.05, 3.63) is 102 Å². The van der Waals surface area contributed by atoms with Crippen LogP contribution in [0.1, 0.15) is 38.3 Å². The lowest BCUT2D eigenvalue weighted by molar-refractivity contribution is -0.300. The second-order valence-corrected chi connectivity index (χ2v) is 10.2. The number of ether oxygens (including phenoxy) is 2. The zero-order valence-electron chi connectivity index (χ0n) is 20.7. The number of allylic oxidation sites excluding steroid dienone is 1. The Labute approximate surface area is 226 Å². The van der Waals surface area contributed by atoms with E-state index in [0.29, 0.717) is 51.7 Å². The van der Waals surface area contributed by atoms with Gasteiger partial charge in [0.2, 0.25) is 0 Å². The lowest BCUT2D eigenvalue weighted by atomic mass is 9.78. The Morgan fingerprint density at radius 2 is 1.95 bits per heavy atom. The molecule has 1 aliphatic rings. The van der Waals surface area contributed by atoms with Gasteiger partial charge in [0, 0.05) is 11.3 Å². The van der Waals surface area contributed by atoms with Crippen LogP contribution in [0.5, 0.6) is 11.5 Å². The highest BCUT2D eigenvalue weighted by Gasteiger charge is 2.43. The summed E-state index contributed by atoms with van der Waals surface area (Å²) in [4.78, 5) is 31.3. The highest BCUT2D eigenvalue weighted by molar-refractivity contribution is 9.10. The average Bonchev–Trinajstić information content (AvgIpc) is 3.17. The third-order valence-electron chi connectivity index (χ3n) is 6.20. The lowest BCUT2D eigenvalue weighted by Gasteiger charge is -2.39. The van der Waals surface area contributed by atoms with Gasteiger partial charge >= 0.3 is 0 Å². The molecule has 0 fully saturated rings. The van der Waals surface area contributed by atoms with E-state index in [0.717, 1.165) is 10.0 Å². The molecule has 2 heterocycles. The summed E-state index contributed by atoms with van der Waals surface area (Å²) < 4.78 is 13.8. The SMILES string of the molecule is C=CCOc1ccc(C=c2sc3n(c2=O)C(CC)(c2ccc(OCC)cc2)C(C(=O)[O-])=C(C)N=3)cc1Br. The summed E-state index contributed by atoms with van der Waals surface area (Å²) >= 11 is 4.73. The fourth-order valence-corrected chi connectivity index (χ4v) is 6.24. The summed E-state index contributed by atoms with van der Waals surface area (Å²) in [6.45, 7) is 9.92. The number of carboxylic acid groups (broad SMARTS) is 1. The molecule has 0 N–H and O–H groups in total. The number of carboxylic acids is 1. The molecule has 1 aromatic heterocycles. The van der Waals surface area contributed by atoms with E-state index in [1.807, 2.05) is 32.0 Å². The first kappa shape index (κ1) is 26.6. The van der Waals surface area contributed by atoms with Crippen molar-refractivity contribution in [2.45, 2.75) is 32.7 Å². The molecule has 0 radical (unpaired) electrons. The summed E-state index contributed by atoms with van der Waals surface area (Å²) in [6, 6.07) is 12.7. The van der Waals surface area contributed by atoms with Crippen molar-refractivity contribution >= 4 is 39.3 Å². The van der Waals surface area contributed by atoms with Crippen LogP contribution in [0, 0.1) is 0 Å². The topological polar surface area (TPSA) is 93.0 Å². The number of nitrogens with zero attached hydrogens (tertiary/aromatic N) is 2. The third kappa shape index (κ3) is 4.81. The Balaban J connectivity index is 1.93. The fraction of sp³-hybridized carbons (Fsp3) is 0.250. The summed E-state index contributed by atoms with van der Waals surface area (Å²) in [6.07, 6.45) is 3.73. The van der Waals surface area contributed by atoms with E-state index in [1.165, 1.54) is 15.9 Å².